The minimum Gasteiger partial charge on any atom is -0.307 e. The van der Waals surface area contributed by atoms with Crippen LogP contribution in [0.2, 0.25) is 0 Å². The largest absolute Gasteiger partial charge is 0.307 e. The van der Waals surface area contributed by atoms with Gasteiger partial charge in [0.05, 0.1) is 6.04 Å². The van der Waals surface area contributed by atoms with Gasteiger partial charge in [0.1, 0.15) is 0 Å². The maximum Gasteiger partial charge on any atom is 0.168 e. The molecule has 1 aliphatic rings. The van der Waals surface area contributed by atoms with Crippen molar-refractivity contribution >= 4 is 5.65 Å². The van der Waals surface area contributed by atoms with Crippen LogP contribution < -0.4 is 5.32 Å². The molecule has 4 nitrogen and oxygen atoms in total. The third kappa shape index (κ3) is 1.69. The number of hydrogen-bond donors (Lipinski definition) is 1. The van der Waals surface area contributed by atoms with E-state index in [9.17, 15) is 0 Å². The molecule has 16 heavy (non-hydrogen) atoms. The SMILES string of the molecule is Cc1ccc2nc(C3CCCCN3)nn2c1. The lowest BCUT2D eigenvalue weighted by molar-refractivity contribution is 0.397. The van der Waals surface area contributed by atoms with E-state index in [-0.39, 0.29) is 0 Å². The molecule has 1 aliphatic heterocycles. The highest BCUT2D eigenvalue weighted by Gasteiger charge is 2.18. The van der Waals surface area contributed by atoms with E-state index < -0.39 is 0 Å². The number of nitrogens with one attached hydrogen (secondary N) is 1. The van der Waals surface area contributed by atoms with E-state index in [2.05, 4.69) is 28.4 Å². The van der Waals surface area contributed by atoms with Crippen LogP contribution in [-0.4, -0.2) is 21.1 Å². The molecule has 1 atom stereocenters. The van der Waals surface area contributed by atoms with Gasteiger partial charge in [-0.05, 0) is 37.9 Å². The first-order valence-corrected chi connectivity index (χ1v) is 5.89. The molecule has 2 aromatic rings. The fourth-order valence-corrected chi connectivity index (χ4v) is 2.22. The molecule has 1 saturated heterocycles. The van der Waals surface area contributed by atoms with Gasteiger partial charge < -0.3 is 5.32 Å². The van der Waals surface area contributed by atoms with Gasteiger partial charge in [-0.1, -0.05) is 12.5 Å². The highest BCUT2D eigenvalue weighted by molar-refractivity contribution is 5.38. The highest BCUT2D eigenvalue weighted by atomic mass is 15.3. The fourth-order valence-electron chi connectivity index (χ4n) is 2.22. The molecule has 0 amide bonds. The van der Waals surface area contributed by atoms with Gasteiger partial charge in [-0.2, -0.15) is 0 Å². The Balaban J connectivity index is 1.97. The maximum absolute atomic E-state index is 4.57. The van der Waals surface area contributed by atoms with Crippen LogP contribution in [0, 0.1) is 6.92 Å². The smallest absolute Gasteiger partial charge is 0.168 e. The molecule has 0 aliphatic carbocycles. The topological polar surface area (TPSA) is 42.2 Å². The first-order valence-electron chi connectivity index (χ1n) is 5.89. The van der Waals surface area contributed by atoms with E-state index in [1.165, 1.54) is 18.4 Å². The van der Waals surface area contributed by atoms with Gasteiger partial charge in [-0.3, -0.25) is 0 Å². The molecule has 0 spiro atoms. The molecule has 3 heterocycles. The molecule has 2 aromatic heterocycles. The standard InChI is InChI=1S/C12H16N4/c1-9-5-6-11-14-12(15-16(11)8-9)10-4-2-3-7-13-10/h5-6,8,10,13H,2-4,7H2,1H3. The average molecular weight is 216 g/mol. The van der Waals surface area contributed by atoms with Crippen molar-refractivity contribution in [3.8, 4) is 0 Å². The number of aromatic nitrogens is 3. The first kappa shape index (κ1) is 9.78. The predicted molar refractivity (Wildman–Crippen MR) is 62.3 cm³/mol. The Labute approximate surface area is 94.7 Å². The number of fused-ring (bicyclic) bond motifs is 1. The third-order valence-corrected chi connectivity index (χ3v) is 3.12. The van der Waals surface area contributed by atoms with Crippen molar-refractivity contribution in [2.75, 3.05) is 6.54 Å². The van der Waals surface area contributed by atoms with E-state index in [4.69, 9.17) is 0 Å². The van der Waals surface area contributed by atoms with Gasteiger partial charge in [0.25, 0.3) is 0 Å². The number of aryl methyl sites for hydroxylation is 1. The lowest BCUT2D eigenvalue weighted by atomic mass is 10.0. The lowest BCUT2D eigenvalue weighted by Crippen LogP contribution is -2.27. The third-order valence-electron chi connectivity index (χ3n) is 3.12. The van der Waals surface area contributed by atoms with E-state index >= 15 is 0 Å². The minimum absolute atomic E-state index is 0.342. The van der Waals surface area contributed by atoms with Crippen LogP contribution >= 0.6 is 0 Å². The quantitative estimate of drug-likeness (QED) is 0.791. The molecule has 0 saturated carbocycles. The second kappa shape index (κ2) is 3.87. The Morgan fingerprint density at radius 1 is 1.38 bits per heavy atom. The zero-order chi connectivity index (χ0) is 11.0. The van der Waals surface area contributed by atoms with Gasteiger partial charge in [0.15, 0.2) is 11.5 Å². The molecule has 1 N–H and O–H groups in total. The van der Waals surface area contributed by atoms with E-state index in [0.717, 1.165) is 24.4 Å². The van der Waals surface area contributed by atoms with Crippen LogP contribution in [0.4, 0.5) is 0 Å². The van der Waals surface area contributed by atoms with Gasteiger partial charge in [-0.25, -0.2) is 9.50 Å². The van der Waals surface area contributed by atoms with Crippen molar-refractivity contribution in [2.45, 2.75) is 32.2 Å². The monoisotopic (exact) mass is 216 g/mol. The van der Waals surface area contributed by atoms with Crippen LogP contribution in [0.15, 0.2) is 18.3 Å². The van der Waals surface area contributed by atoms with Gasteiger partial charge >= 0.3 is 0 Å². The lowest BCUT2D eigenvalue weighted by Gasteiger charge is -2.20. The minimum atomic E-state index is 0.342. The fraction of sp³-hybridized carbons (Fsp3) is 0.500. The molecule has 4 heteroatoms. The zero-order valence-electron chi connectivity index (χ0n) is 9.48. The molecule has 0 bridgehead atoms. The molecular formula is C12H16N4. The summed E-state index contributed by atoms with van der Waals surface area (Å²) in [5.41, 5.74) is 2.15. The Morgan fingerprint density at radius 2 is 2.31 bits per heavy atom. The summed E-state index contributed by atoms with van der Waals surface area (Å²) < 4.78 is 1.88. The van der Waals surface area contributed by atoms with Crippen LogP contribution in [0.25, 0.3) is 5.65 Å². The zero-order valence-corrected chi connectivity index (χ0v) is 9.48. The molecule has 84 valence electrons. The normalized spacial score (nSPS) is 21.4. The van der Waals surface area contributed by atoms with E-state index in [1.54, 1.807) is 0 Å². The second-order valence-electron chi connectivity index (χ2n) is 4.48. The molecule has 0 radical (unpaired) electrons. The van der Waals surface area contributed by atoms with Gasteiger partial charge in [0.2, 0.25) is 0 Å². The Bertz CT molecular complexity index is 497. The van der Waals surface area contributed by atoms with Gasteiger partial charge in [0, 0.05) is 6.20 Å². The number of nitrogens with zero attached hydrogens (tertiary/aromatic N) is 3. The predicted octanol–water partition coefficient (Wildman–Crippen LogP) is 1.85. The summed E-state index contributed by atoms with van der Waals surface area (Å²) in [4.78, 5) is 4.57. The van der Waals surface area contributed by atoms with E-state index in [1.807, 2.05) is 16.8 Å². The summed E-state index contributed by atoms with van der Waals surface area (Å²) in [6.45, 7) is 3.15. The van der Waals surface area contributed by atoms with Crippen molar-refractivity contribution in [1.82, 2.24) is 19.9 Å². The summed E-state index contributed by atoms with van der Waals surface area (Å²) in [6, 6.07) is 4.44. The summed E-state index contributed by atoms with van der Waals surface area (Å²) in [6.07, 6.45) is 5.71. The van der Waals surface area contributed by atoms with Crippen molar-refractivity contribution in [3.63, 3.8) is 0 Å². The summed E-state index contributed by atoms with van der Waals surface area (Å²) in [5.74, 6) is 0.935. The van der Waals surface area contributed by atoms with E-state index in [0.29, 0.717) is 6.04 Å². The maximum atomic E-state index is 4.57. The molecule has 1 unspecified atom stereocenters. The molecule has 0 aromatic carbocycles. The first-order chi connectivity index (χ1) is 7.83. The Morgan fingerprint density at radius 3 is 3.12 bits per heavy atom. The van der Waals surface area contributed by atoms with Crippen molar-refractivity contribution in [3.05, 3.63) is 29.7 Å². The molecule has 3 rings (SSSR count). The number of rotatable bonds is 1. The van der Waals surface area contributed by atoms with Crippen LogP contribution in [-0.2, 0) is 0 Å². The highest BCUT2D eigenvalue weighted by Crippen LogP contribution is 2.20. The van der Waals surface area contributed by atoms with Gasteiger partial charge in [-0.15, -0.1) is 5.10 Å². The second-order valence-corrected chi connectivity index (χ2v) is 4.48. The van der Waals surface area contributed by atoms with Crippen molar-refractivity contribution < 1.29 is 0 Å². The summed E-state index contributed by atoms with van der Waals surface area (Å²) in [7, 11) is 0. The Kier molecular flexibility index (Phi) is 2.36. The number of hydrogen-bond acceptors (Lipinski definition) is 3. The van der Waals surface area contributed by atoms with Crippen LogP contribution in [0.3, 0.4) is 0 Å². The van der Waals surface area contributed by atoms with Crippen LogP contribution in [0.5, 0.6) is 0 Å². The van der Waals surface area contributed by atoms with Crippen LogP contribution in [0.1, 0.15) is 36.7 Å². The summed E-state index contributed by atoms with van der Waals surface area (Å²) in [5, 5.41) is 8.01. The number of piperidine rings is 1. The summed E-state index contributed by atoms with van der Waals surface area (Å²) >= 11 is 0. The Hall–Kier alpha value is -1.42. The van der Waals surface area contributed by atoms with Crippen molar-refractivity contribution in [2.24, 2.45) is 0 Å². The number of pyridine rings is 1. The average Bonchev–Trinajstić information content (AvgIpc) is 2.73. The molecular weight excluding hydrogens is 200 g/mol. The van der Waals surface area contributed by atoms with Crippen molar-refractivity contribution in [1.29, 1.82) is 0 Å². The molecule has 1 fully saturated rings.